The van der Waals surface area contributed by atoms with Gasteiger partial charge in [-0.05, 0) is 37.8 Å². The maximum Gasteiger partial charge on any atom is 0.151 e. The molecule has 4 heteroatoms. The molecule has 2 heterocycles. The van der Waals surface area contributed by atoms with Crippen molar-refractivity contribution < 1.29 is 5.11 Å². The van der Waals surface area contributed by atoms with Gasteiger partial charge in [0.05, 0.1) is 5.69 Å². The van der Waals surface area contributed by atoms with Crippen LogP contribution in [0.5, 0.6) is 0 Å². The first kappa shape index (κ1) is 12.3. The molecule has 0 bridgehead atoms. The first-order valence-corrected chi connectivity index (χ1v) is 6.55. The Balaban J connectivity index is 2.05. The maximum atomic E-state index is 9.04. The molecule has 1 unspecified atom stereocenters. The Morgan fingerprint density at radius 3 is 2.94 bits per heavy atom. The summed E-state index contributed by atoms with van der Waals surface area (Å²) in [5.74, 6) is 0.959. The molecule has 1 fully saturated rings. The van der Waals surface area contributed by atoms with Gasteiger partial charge in [0.2, 0.25) is 0 Å². The van der Waals surface area contributed by atoms with Gasteiger partial charge in [-0.25, -0.2) is 0 Å². The minimum absolute atomic E-state index is 0.252. The van der Waals surface area contributed by atoms with Gasteiger partial charge in [0.15, 0.2) is 5.82 Å². The number of hydrogen-bond acceptors (Lipinski definition) is 4. The second kappa shape index (κ2) is 5.96. The zero-order valence-electron chi connectivity index (χ0n) is 10.5. The standard InChI is InChI=1S/C13H21N3O/c1-2-4-11-6-7-13(15-14-11)16-9-3-5-12(16)8-10-17/h6-7,12,17H,2-5,8-10H2,1H3. The van der Waals surface area contributed by atoms with Crippen molar-refractivity contribution in [3.63, 3.8) is 0 Å². The van der Waals surface area contributed by atoms with Crippen LogP contribution in [0.4, 0.5) is 5.82 Å². The summed E-state index contributed by atoms with van der Waals surface area (Å²) in [7, 11) is 0. The van der Waals surface area contributed by atoms with Gasteiger partial charge < -0.3 is 10.0 Å². The first-order chi connectivity index (χ1) is 8.35. The molecule has 0 amide bonds. The van der Waals surface area contributed by atoms with Gasteiger partial charge in [-0.1, -0.05) is 13.3 Å². The van der Waals surface area contributed by atoms with E-state index in [2.05, 4.69) is 34.2 Å². The molecule has 1 saturated heterocycles. The summed E-state index contributed by atoms with van der Waals surface area (Å²) in [6, 6.07) is 4.57. The molecule has 0 spiro atoms. The number of aryl methyl sites for hydroxylation is 1. The van der Waals surface area contributed by atoms with Crippen molar-refractivity contribution in [2.45, 2.75) is 45.1 Å². The fraction of sp³-hybridized carbons (Fsp3) is 0.692. The maximum absolute atomic E-state index is 9.04. The SMILES string of the molecule is CCCc1ccc(N2CCCC2CCO)nn1. The zero-order valence-corrected chi connectivity index (χ0v) is 10.5. The average molecular weight is 235 g/mol. The molecule has 1 atom stereocenters. The van der Waals surface area contributed by atoms with Crippen LogP contribution in [0.2, 0.25) is 0 Å². The van der Waals surface area contributed by atoms with Crippen LogP contribution in [0.15, 0.2) is 12.1 Å². The molecule has 1 aliphatic rings. The van der Waals surface area contributed by atoms with Gasteiger partial charge in [0.25, 0.3) is 0 Å². The number of rotatable bonds is 5. The highest BCUT2D eigenvalue weighted by atomic mass is 16.3. The van der Waals surface area contributed by atoms with Crippen molar-refractivity contribution in [2.75, 3.05) is 18.1 Å². The second-order valence-corrected chi connectivity index (χ2v) is 4.63. The van der Waals surface area contributed by atoms with Gasteiger partial charge >= 0.3 is 0 Å². The van der Waals surface area contributed by atoms with Gasteiger partial charge in [-0.15, -0.1) is 5.10 Å². The highest BCUT2D eigenvalue weighted by Crippen LogP contribution is 2.25. The highest BCUT2D eigenvalue weighted by Gasteiger charge is 2.25. The molecular weight excluding hydrogens is 214 g/mol. The molecule has 1 aromatic heterocycles. The molecule has 1 aliphatic heterocycles. The summed E-state index contributed by atoms with van der Waals surface area (Å²) in [6.07, 6.45) is 5.26. The molecule has 4 nitrogen and oxygen atoms in total. The second-order valence-electron chi connectivity index (χ2n) is 4.63. The minimum atomic E-state index is 0.252. The van der Waals surface area contributed by atoms with E-state index < -0.39 is 0 Å². The number of aliphatic hydroxyl groups excluding tert-OH is 1. The van der Waals surface area contributed by atoms with Crippen molar-refractivity contribution in [1.29, 1.82) is 0 Å². The van der Waals surface area contributed by atoms with E-state index in [4.69, 9.17) is 5.11 Å². The Morgan fingerprint density at radius 2 is 2.29 bits per heavy atom. The molecule has 1 aromatic rings. The Hall–Kier alpha value is -1.16. The smallest absolute Gasteiger partial charge is 0.151 e. The van der Waals surface area contributed by atoms with Gasteiger partial charge in [0, 0.05) is 19.2 Å². The fourth-order valence-electron chi connectivity index (χ4n) is 2.48. The van der Waals surface area contributed by atoms with E-state index in [0.717, 1.165) is 43.7 Å². The van der Waals surface area contributed by atoms with Crippen molar-refractivity contribution in [2.24, 2.45) is 0 Å². The quantitative estimate of drug-likeness (QED) is 0.845. The molecule has 1 N–H and O–H groups in total. The lowest BCUT2D eigenvalue weighted by atomic mass is 10.1. The fourth-order valence-corrected chi connectivity index (χ4v) is 2.48. The highest BCUT2D eigenvalue weighted by molar-refractivity contribution is 5.40. The van der Waals surface area contributed by atoms with Crippen LogP contribution in [0.3, 0.4) is 0 Å². The lowest BCUT2D eigenvalue weighted by Crippen LogP contribution is -2.30. The normalized spacial score (nSPS) is 19.9. The summed E-state index contributed by atoms with van der Waals surface area (Å²) in [6.45, 7) is 3.43. The van der Waals surface area contributed by atoms with E-state index in [1.807, 2.05) is 0 Å². The summed E-state index contributed by atoms with van der Waals surface area (Å²) < 4.78 is 0. The monoisotopic (exact) mass is 235 g/mol. The largest absolute Gasteiger partial charge is 0.396 e. The van der Waals surface area contributed by atoms with Crippen molar-refractivity contribution >= 4 is 5.82 Å². The molecule has 2 rings (SSSR count). The number of aromatic nitrogens is 2. The predicted molar refractivity (Wildman–Crippen MR) is 68.1 cm³/mol. The molecule has 0 aliphatic carbocycles. The number of nitrogens with zero attached hydrogens (tertiary/aromatic N) is 3. The topological polar surface area (TPSA) is 49.2 Å². The predicted octanol–water partition coefficient (Wildman–Crippen LogP) is 1.78. The van der Waals surface area contributed by atoms with Crippen LogP contribution in [-0.2, 0) is 6.42 Å². The van der Waals surface area contributed by atoms with E-state index in [1.165, 1.54) is 6.42 Å². The van der Waals surface area contributed by atoms with Crippen LogP contribution in [0.1, 0.15) is 38.3 Å². The Bertz CT molecular complexity index is 339. The molecule has 17 heavy (non-hydrogen) atoms. The van der Waals surface area contributed by atoms with Crippen LogP contribution in [-0.4, -0.2) is 34.5 Å². The minimum Gasteiger partial charge on any atom is -0.396 e. The van der Waals surface area contributed by atoms with Crippen molar-refractivity contribution in [3.8, 4) is 0 Å². The van der Waals surface area contributed by atoms with Crippen LogP contribution >= 0.6 is 0 Å². The lowest BCUT2D eigenvalue weighted by molar-refractivity contribution is 0.275. The summed E-state index contributed by atoms with van der Waals surface area (Å²) in [5, 5.41) is 17.6. The van der Waals surface area contributed by atoms with E-state index in [-0.39, 0.29) is 6.61 Å². The van der Waals surface area contributed by atoms with Gasteiger partial charge in [-0.2, -0.15) is 5.10 Å². The van der Waals surface area contributed by atoms with Crippen LogP contribution in [0.25, 0.3) is 0 Å². The van der Waals surface area contributed by atoms with E-state index >= 15 is 0 Å². The third kappa shape index (κ3) is 2.94. The average Bonchev–Trinajstić information content (AvgIpc) is 2.79. The van der Waals surface area contributed by atoms with Crippen LogP contribution < -0.4 is 4.90 Å². The zero-order chi connectivity index (χ0) is 12.1. The number of hydrogen-bond donors (Lipinski definition) is 1. The van der Waals surface area contributed by atoms with Crippen molar-refractivity contribution in [3.05, 3.63) is 17.8 Å². The first-order valence-electron chi connectivity index (χ1n) is 6.55. The molecule has 0 saturated carbocycles. The van der Waals surface area contributed by atoms with Gasteiger partial charge in [-0.3, -0.25) is 0 Å². The van der Waals surface area contributed by atoms with E-state index in [9.17, 15) is 0 Å². The summed E-state index contributed by atoms with van der Waals surface area (Å²) >= 11 is 0. The Labute approximate surface area is 103 Å². The number of anilines is 1. The van der Waals surface area contributed by atoms with Gasteiger partial charge in [0.1, 0.15) is 0 Å². The van der Waals surface area contributed by atoms with Crippen LogP contribution in [0, 0.1) is 0 Å². The molecule has 94 valence electrons. The number of aliphatic hydroxyl groups is 1. The van der Waals surface area contributed by atoms with E-state index in [1.54, 1.807) is 0 Å². The summed E-state index contributed by atoms with van der Waals surface area (Å²) in [4.78, 5) is 2.28. The van der Waals surface area contributed by atoms with Crippen molar-refractivity contribution in [1.82, 2.24) is 10.2 Å². The molecule has 0 aromatic carbocycles. The molecular formula is C13H21N3O. The molecule has 0 radical (unpaired) electrons. The Kier molecular flexibility index (Phi) is 4.31. The third-order valence-corrected chi connectivity index (χ3v) is 3.35. The third-order valence-electron chi connectivity index (χ3n) is 3.35. The Morgan fingerprint density at radius 1 is 1.41 bits per heavy atom. The summed E-state index contributed by atoms with van der Waals surface area (Å²) in [5.41, 5.74) is 1.06. The lowest BCUT2D eigenvalue weighted by Gasteiger charge is -2.24. The van der Waals surface area contributed by atoms with E-state index in [0.29, 0.717) is 6.04 Å².